The van der Waals surface area contributed by atoms with Crippen LogP contribution in [-0.4, -0.2) is 32.3 Å². The molecule has 0 fully saturated rings. The van der Waals surface area contributed by atoms with E-state index in [-0.39, 0.29) is 0 Å². The topological polar surface area (TPSA) is 26.7 Å². The fourth-order valence-electron chi connectivity index (χ4n) is 2.27. The van der Waals surface area contributed by atoms with Crippen LogP contribution in [0, 0.1) is 0 Å². The van der Waals surface area contributed by atoms with Crippen LogP contribution in [0.4, 0.5) is 11.4 Å². The van der Waals surface area contributed by atoms with Crippen LogP contribution in [0.2, 0.25) is 0 Å². The fraction of sp³-hybridized carbons (Fsp3) is 0.538. The number of para-hydroxylation sites is 1. The Morgan fingerprint density at radius 3 is 2.38 bits per heavy atom. The SMILES string of the molecule is CN1CCN(C)c2c1cccc2C(C)(C)O. The van der Waals surface area contributed by atoms with E-state index in [1.54, 1.807) is 0 Å². The van der Waals surface area contributed by atoms with Crippen LogP contribution in [-0.2, 0) is 5.60 Å². The molecule has 1 aromatic carbocycles. The standard InChI is InChI=1S/C13H20N2O/c1-13(2,16)10-6-5-7-11-12(10)15(4)9-8-14(11)3/h5-7,16H,8-9H2,1-4H3. The highest BCUT2D eigenvalue weighted by Crippen LogP contribution is 2.39. The summed E-state index contributed by atoms with van der Waals surface area (Å²) in [4.78, 5) is 4.47. The van der Waals surface area contributed by atoms with Gasteiger partial charge in [0.15, 0.2) is 0 Å². The van der Waals surface area contributed by atoms with Crippen molar-refractivity contribution < 1.29 is 5.11 Å². The van der Waals surface area contributed by atoms with Gasteiger partial charge >= 0.3 is 0 Å². The Hall–Kier alpha value is -1.22. The third-order valence-electron chi connectivity index (χ3n) is 3.24. The molecule has 0 atom stereocenters. The first-order valence-corrected chi connectivity index (χ1v) is 5.69. The molecule has 0 aliphatic carbocycles. The molecular weight excluding hydrogens is 200 g/mol. The van der Waals surface area contributed by atoms with Gasteiger partial charge in [-0.25, -0.2) is 0 Å². The van der Waals surface area contributed by atoms with E-state index in [1.807, 2.05) is 26.0 Å². The minimum Gasteiger partial charge on any atom is -0.386 e. The van der Waals surface area contributed by atoms with Crippen LogP contribution in [0.25, 0.3) is 0 Å². The summed E-state index contributed by atoms with van der Waals surface area (Å²) in [5, 5.41) is 10.2. The Morgan fingerprint density at radius 1 is 1.12 bits per heavy atom. The van der Waals surface area contributed by atoms with Crippen LogP contribution in [0.5, 0.6) is 0 Å². The molecule has 1 heterocycles. The molecule has 16 heavy (non-hydrogen) atoms. The lowest BCUT2D eigenvalue weighted by molar-refractivity contribution is 0.0790. The minimum absolute atomic E-state index is 0.794. The van der Waals surface area contributed by atoms with Crippen molar-refractivity contribution in [2.75, 3.05) is 37.0 Å². The largest absolute Gasteiger partial charge is 0.386 e. The van der Waals surface area contributed by atoms with Gasteiger partial charge in [-0.1, -0.05) is 12.1 Å². The second-order valence-corrected chi connectivity index (χ2v) is 5.08. The van der Waals surface area contributed by atoms with E-state index in [9.17, 15) is 5.11 Å². The van der Waals surface area contributed by atoms with Crippen molar-refractivity contribution in [1.82, 2.24) is 0 Å². The molecule has 2 rings (SSSR count). The van der Waals surface area contributed by atoms with Gasteiger partial charge in [0.05, 0.1) is 17.0 Å². The number of aliphatic hydroxyl groups is 1. The average Bonchev–Trinajstić information content (AvgIpc) is 2.22. The predicted molar refractivity (Wildman–Crippen MR) is 68.2 cm³/mol. The van der Waals surface area contributed by atoms with E-state index in [0.29, 0.717) is 0 Å². The number of likely N-dealkylation sites (N-methyl/N-ethyl adjacent to an activating group) is 2. The van der Waals surface area contributed by atoms with E-state index in [0.717, 1.165) is 24.3 Å². The van der Waals surface area contributed by atoms with Gasteiger partial charge in [0.25, 0.3) is 0 Å². The van der Waals surface area contributed by atoms with Crippen molar-refractivity contribution in [2.24, 2.45) is 0 Å². The molecule has 1 aromatic rings. The van der Waals surface area contributed by atoms with Crippen molar-refractivity contribution in [2.45, 2.75) is 19.4 Å². The van der Waals surface area contributed by atoms with Crippen molar-refractivity contribution in [1.29, 1.82) is 0 Å². The van der Waals surface area contributed by atoms with E-state index in [4.69, 9.17) is 0 Å². The molecule has 1 aliphatic rings. The zero-order valence-electron chi connectivity index (χ0n) is 10.5. The Bertz CT molecular complexity index is 395. The minimum atomic E-state index is -0.794. The van der Waals surface area contributed by atoms with E-state index >= 15 is 0 Å². The molecule has 0 saturated carbocycles. The smallest absolute Gasteiger partial charge is 0.0861 e. The summed E-state index contributed by atoms with van der Waals surface area (Å²) in [6.45, 7) is 5.70. The third-order valence-corrected chi connectivity index (χ3v) is 3.24. The number of hydrogen-bond acceptors (Lipinski definition) is 3. The molecule has 0 aromatic heterocycles. The van der Waals surface area contributed by atoms with Gasteiger partial charge in [-0.3, -0.25) is 0 Å². The lowest BCUT2D eigenvalue weighted by Gasteiger charge is -2.38. The summed E-state index contributed by atoms with van der Waals surface area (Å²) in [5.41, 5.74) is 2.56. The van der Waals surface area contributed by atoms with E-state index < -0.39 is 5.60 Å². The first-order chi connectivity index (χ1) is 7.41. The summed E-state index contributed by atoms with van der Waals surface area (Å²) in [5.74, 6) is 0. The summed E-state index contributed by atoms with van der Waals surface area (Å²) >= 11 is 0. The maximum absolute atomic E-state index is 10.2. The zero-order chi connectivity index (χ0) is 11.9. The highest BCUT2D eigenvalue weighted by atomic mass is 16.3. The number of benzene rings is 1. The Balaban J connectivity index is 2.61. The Morgan fingerprint density at radius 2 is 1.75 bits per heavy atom. The van der Waals surface area contributed by atoms with Gasteiger partial charge < -0.3 is 14.9 Å². The molecule has 0 spiro atoms. The van der Waals surface area contributed by atoms with Gasteiger partial charge in [-0.05, 0) is 19.9 Å². The normalized spacial score (nSPS) is 16.3. The Labute approximate surface area is 97.3 Å². The van der Waals surface area contributed by atoms with Crippen molar-refractivity contribution in [3.05, 3.63) is 23.8 Å². The summed E-state index contributed by atoms with van der Waals surface area (Å²) < 4.78 is 0. The molecule has 0 unspecified atom stereocenters. The molecule has 3 nitrogen and oxygen atoms in total. The van der Waals surface area contributed by atoms with Gasteiger partial charge in [0.2, 0.25) is 0 Å². The maximum atomic E-state index is 10.2. The van der Waals surface area contributed by atoms with E-state index in [2.05, 4.69) is 30.0 Å². The quantitative estimate of drug-likeness (QED) is 0.782. The van der Waals surface area contributed by atoms with Gasteiger partial charge in [-0.2, -0.15) is 0 Å². The highest BCUT2D eigenvalue weighted by Gasteiger charge is 2.27. The molecule has 0 saturated heterocycles. The first-order valence-electron chi connectivity index (χ1n) is 5.69. The van der Waals surface area contributed by atoms with Crippen LogP contribution in [0.3, 0.4) is 0 Å². The molecule has 1 N–H and O–H groups in total. The lowest BCUT2D eigenvalue weighted by Crippen LogP contribution is -2.38. The number of nitrogens with zero attached hydrogens (tertiary/aromatic N) is 2. The number of fused-ring (bicyclic) bond motifs is 1. The van der Waals surface area contributed by atoms with Crippen LogP contribution >= 0.6 is 0 Å². The van der Waals surface area contributed by atoms with Gasteiger partial charge in [0, 0.05) is 32.7 Å². The molecule has 88 valence electrons. The van der Waals surface area contributed by atoms with Gasteiger partial charge in [-0.15, -0.1) is 0 Å². The van der Waals surface area contributed by atoms with Crippen LogP contribution in [0.1, 0.15) is 19.4 Å². The lowest BCUT2D eigenvalue weighted by atomic mass is 9.94. The second kappa shape index (κ2) is 3.67. The van der Waals surface area contributed by atoms with Crippen molar-refractivity contribution in [3.63, 3.8) is 0 Å². The molecule has 3 heteroatoms. The molecular formula is C13H20N2O. The highest BCUT2D eigenvalue weighted by molar-refractivity contribution is 5.77. The number of anilines is 2. The van der Waals surface area contributed by atoms with Crippen molar-refractivity contribution >= 4 is 11.4 Å². The Kier molecular flexibility index (Phi) is 2.58. The van der Waals surface area contributed by atoms with Crippen molar-refractivity contribution in [3.8, 4) is 0 Å². The maximum Gasteiger partial charge on any atom is 0.0861 e. The summed E-state index contributed by atoms with van der Waals surface area (Å²) in [7, 11) is 4.18. The second-order valence-electron chi connectivity index (χ2n) is 5.08. The molecule has 1 aliphatic heterocycles. The molecule has 0 bridgehead atoms. The third kappa shape index (κ3) is 1.76. The summed E-state index contributed by atoms with van der Waals surface area (Å²) in [6.07, 6.45) is 0. The molecule has 0 amide bonds. The van der Waals surface area contributed by atoms with E-state index in [1.165, 1.54) is 5.69 Å². The molecule has 0 radical (unpaired) electrons. The van der Waals surface area contributed by atoms with Crippen LogP contribution < -0.4 is 9.80 Å². The predicted octanol–water partition coefficient (Wildman–Crippen LogP) is 1.80. The monoisotopic (exact) mass is 220 g/mol. The fourth-order valence-corrected chi connectivity index (χ4v) is 2.27. The van der Waals surface area contributed by atoms with Crippen LogP contribution in [0.15, 0.2) is 18.2 Å². The van der Waals surface area contributed by atoms with Gasteiger partial charge in [0.1, 0.15) is 0 Å². The zero-order valence-corrected chi connectivity index (χ0v) is 10.5. The first kappa shape index (κ1) is 11.3. The average molecular weight is 220 g/mol. The summed E-state index contributed by atoms with van der Waals surface area (Å²) in [6, 6.07) is 6.14. The number of rotatable bonds is 1. The number of hydrogen-bond donors (Lipinski definition) is 1.